The van der Waals surface area contributed by atoms with E-state index in [-0.39, 0.29) is 5.97 Å². The van der Waals surface area contributed by atoms with Crippen LogP contribution < -0.4 is 0 Å². The van der Waals surface area contributed by atoms with Gasteiger partial charge < -0.3 is 4.74 Å². The lowest BCUT2D eigenvalue weighted by molar-refractivity contribution is -0.142. The fourth-order valence-corrected chi connectivity index (χ4v) is 4.14. The molecule has 21 heavy (non-hydrogen) atoms. The summed E-state index contributed by atoms with van der Waals surface area (Å²) in [6.45, 7) is 1.23. The number of fused-ring (bicyclic) bond motifs is 1. The van der Waals surface area contributed by atoms with Crippen molar-refractivity contribution < 1.29 is 9.53 Å². The van der Waals surface area contributed by atoms with Crippen LogP contribution in [0.5, 0.6) is 0 Å². The first-order valence-corrected chi connectivity index (χ1v) is 8.42. The highest BCUT2D eigenvalue weighted by Crippen LogP contribution is 2.30. The Balaban J connectivity index is 1.81. The number of methoxy groups -OCH3 is 1. The lowest BCUT2D eigenvalue weighted by Gasteiger charge is -2.27. The van der Waals surface area contributed by atoms with E-state index in [1.54, 1.807) is 11.3 Å². The van der Waals surface area contributed by atoms with Gasteiger partial charge in [-0.05, 0) is 35.2 Å². The van der Waals surface area contributed by atoms with Gasteiger partial charge in [0.2, 0.25) is 0 Å². The summed E-state index contributed by atoms with van der Waals surface area (Å²) in [5.41, 5.74) is 1.33. The molecule has 0 amide bonds. The molecule has 0 saturated heterocycles. The Kier molecular flexibility index (Phi) is 4.56. The number of carbonyl (C=O) groups is 1. The first-order chi connectivity index (χ1) is 10.3. The minimum Gasteiger partial charge on any atom is -0.468 e. The predicted octanol–water partition coefficient (Wildman–Crippen LogP) is 3.82. The van der Waals surface area contributed by atoms with Crippen LogP contribution in [0.2, 0.25) is 0 Å². The van der Waals surface area contributed by atoms with Crippen molar-refractivity contribution >= 4 is 27.4 Å². The summed E-state index contributed by atoms with van der Waals surface area (Å²) >= 11 is 1.78. The third-order valence-corrected chi connectivity index (χ3v) is 5.35. The zero-order valence-electron chi connectivity index (χ0n) is 12.4. The van der Waals surface area contributed by atoms with Gasteiger partial charge in [-0.2, -0.15) is 0 Å². The van der Waals surface area contributed by atoms with Crippen molar-refractivity contribution in [3.8, 4) is 0 Å². The van der Waals surface area contributed by atoms with Crippen LogP contribution in [0.15, 0.2) is 29.6 Å². The van der Waals surface area contributed by atoms with Crippen LogP contribution in [0.1, 0.15) is 31.2 Å². The molecule has 1 aromatic heterocycles. The molecule has 1 saturated carbocycles. The van der Waals surface area contributed by atoms with Crippen molar-refractivity contribution in [2.24, 2.45) is 0 Å². The van der Waals surface area contributed by atoms with Crippen LogP contribution in [0.4, 0.5) is 0 Å². The standard InChI is InChI=1S/C17H21NO2S/c1-20-17(19)11-18(14-6-2-3-7-14)10-13-12-21-16-9-5-4-8-15(13)16/h4-5,8-9,12,14H,2-3,6-7,10-11H2,1H3. The quantitative estimate of drug-likeness (QED) is 0.786. The van der Waals surface area contributed by atoms with Gasteiger partial charge in [-0.3, -0.25) is 9.69 Å². The molecule has 3 nitrogen and oxygen atoms in total. The fraction of sp³-hybridized carbons (Fsp3) is 0.471. The Morgan fingerprint density at radius 3 is 2.86 bits per heavy atom. The maximum Gasteiger partial charge on any atom is 0.319 e. The third kappa shape index (κ3) is 3.27. The van der Waals surface area contributed by atoms with Crippen molar-refractivity contribution in [2.45, 2.75) is 38.3 Å². The van der Waals surface area contributed by atoms with Crippen LogP contribution in [0, 0.1) is 0 Å². The van der Waals surface area contributed by atoms with Gasteiger partial charge in [0.25, 0.3) is 0 Å². The predicted molar refractivity (Wildman–Crippen MR) is 86.5 cm³/mol. The first-order valence-electron chi connectivity index (χ1n) is 7.54. The summed E-state index contributed by atoms with van der Waals surface area (Å²) in [5.74, 6) is -0.138. The molecule has 2 aromatic rings. The molecule has 0 atom stereocenters. The molecule has 0 aliphatic heterocycles. The van der Waals surface area contributed by atoms with E-state index in [9.17, 15) is 4.79 Å². The molecule has 1 fully saturated rings. The van der Waals surface area contributed by atoms with E-state index in [1.807, 2.05) is 0 Å². The lowest BCUT2D eigenvalue weighted by atomic mass is 10.1. The van der Waals surface area contributed by atoms with Crippen molar-refractivity contribution in [2.75, 3.05) is 13.7 Å². The number of hydrogen-bond acceptors (Lipinski definition) is 4. The van der Waals surface area contributed by atoms with Gasteiger partial charge in [-0.25, -0.2) is 0 Å². The highest BCUT2D eigenvalue weighted by molar-refractivity contribution is 7.17. The molecule has 0 N–H and O–H groups in total. The van der Waals surface area contributed by atoms with Crippen LogP contribution in [0.3, 0.4) is 0 Å². The highest BCUT2D eigenvalue weighted by atomic mass is 32.1. The van der Waals surface area contributed by atoms with Crippen molar-refractivity contribution in [3.05, 3.63) is 35.2 Å². The Morgan fingerprint density at radius 1 is 1.33 bits per heavy atom. The normalized spacial score (nSPS) is 15.9. The van der Waals surface area contributed by atoms with Gasteiger partial charge in [-0.1, -0.05) is 31.0 Å². The topological polar surface area (TPSA) is 29.5 Å². The molecule has 1 aliphatic rings. The number of ether oxygens (including phenoxy) is 1. The van der Waals surface area contributed by atoms with Gasteiger partial charge in [0.05, 0.1) is 13.7 Å². The smallest absolute Gasteiger partial charge is 0.319 e. The average molecular weight is 303 g/mol. The molecule has 112 valence electrons. The molecule has 3 rings (SSSR count). The molecule has 1 aromatic carbocycles. The van der Waals surface area contributed by atoms with Gasteiger partial charge >= 0.3 is 5.97 Å². The number of nitrogens with zero attached hydrogens (tertiary/aromatic N) is 1. The van der Waals surface area contributed by atoms with Crippen LogP contribution in [-0.2, 0) is 16.1 Å². The lowest BCUT2D eigenvalue weighted by Crippen LogP contribution is -2.37. The van der Waals surface area contributed by atoms with E-state index in [0.29, 0.717) is 12.6 Å². The zero-order valence-corrected chi connectivity index (χ0v) is 13.2. The average Bonchev–Trinajstić information content (AvgIpc) is 3.16. The van der Waals surface area contributed by atoms with Crippen molar-refractivity contribution in [1.82, 2.24) is 4.90 Å². The van der Waals surface area contributed by atoms with Crippen LogP contribution in [-0.4, -0.2) is 30.6 Å². The van der Waals surface area contributed by atoms with Gasteiger partial charge in [-0.15, -0.1) is 11.3 Å². The summed E-state index contributed by atoms with van der Waals surface area (Å²) < 4.78 is 6.19. The number of hydrogen-bond donors (Lipinski definition) is 0. The highest BCUT2D eigenvalue weighted by Gasteiger charge is 2.25. The van der Waals surface area contributed by atoms with Crippen molar-refractivity contribution in [1.29, 1.82) is 0 Å². The largest absolute Gasteiger partial charge is 0.468 e. The minimum atomic E-state index is -0.138. The second-order valence-electron chi connectivity index (χ2n) is 5.68. The van der Waals surface area contributed by atoms with E-state index in [2.05, 4.69) is 34.5 Å². The second kappa shape index (κ2) is 6.58. The molecule has 0 radical (unpaired) electrons. The molecule has 0 unspecified atom stereocenters. The number of rotatable bonds is 5. The maximum absolute atomic E-state index is 11.7. The summed E-state index contributed by atoms with van der Waals surface area (Å²) in [4.78, 5) is 14.0. The van der Waals surface area contributed by atoms with Crippen LogP contribution >= 0.6 is 11.3 Å². The third-order valence-electron chi connectivity index (χ3n) is 4.34. The van der Waals surface area contributed by atoms with E-state index >= 15 is 0 Å². The maximum atomic E-state index is 11.7. The van der Waals surface area contributed by atoms with Crippen molar-refractivity contribution in [3.63, 3.8) is 0 Å². The van der Waals surface area contributed by atoms with E-state index < -0.39 is 0 Å². The molecule has 4 heteroatoms. The van der Waals surface area contributed by atoms with E-state index in [1.165, 1.54) is 48.4 Å². The van der Waals surface area contributed by atoms with E-state index in [4.69, 9.17) is 4.74 Å². The molecular formula is C17H21NO2S. The fourth-order valence-electron chi connectivity index (χ4n) is 3.19. The Hall–Kier alpha value is -1.39. The monoisotopic (exact) mass is 303 g/mol. The molecule has 0 bridgehead atoms. The summed E-state index contributed by atoms with van der Waals surface area (Å²) in [6, 6.07) is 9.00. The summed E-state index contributed by atoms with van der Waals surface area (Å²) in [5, 5.41) is 3.54. The van der Waals surface area contributed by atoms with Gasteiger partial charge in [0.15, 0.2) is 0 Å². The van der Waals surface area contributed by atoms with E-state index in [0.717, 1.165) is 6.54 Å². The number of benzene rings is 1. The molecule has 1 heterocycles. The van der Waals surface area contributed by atoms with Crippen LogP contribution in [0.25, 0.3) is 10.1 Å². The number of esters is 1. The SMILES string of the molecule is COC(=O)CN(Cc1csc2ccccc12)C1CCCC1. The molecule has 1 aliphatic carbocycles. The zero-order chi connectivity index (χ0) is 14.7. The Morgan fingerprint density at radius 2 is 2.10 bits per heavy atom. The summed E-state index contributed by atoms with van der Waals surface area (Å²) in [7, 11) is 1.47. The first kappa shape index (κ1) is 14.5. The second-order valence-corrected chi connectivity index (χ2v) is 6.59. The molecule has 0 spiro atoms. The Labute approximate surface area is 129 Å². The summed E-state index contributed by atoms with van der Waals surface area (Å²) in [6.07, 6.45) is 4.93. The van der Waals surface area contributed by atoms with Gasteiger partial charge in [0.1, 0.15) is 0 Å². The molecular weight excluding hydrogens is 282 g/mol. The minimum absolute atomic E-state index is 0.138. The number of thiophene rings is 1. The Bertz CT molecular complexity index is 616. The number of carbonyl (C=O) groups excluding carboxylic acids is 1. The van der Waals surface area contributed by atoms with Gasteiger partial charge in [0, 0.05) is 17.3 Å².